The van der Waals surface area contributed by atoms with E-state index in [-0.39, 0.29) is 0 Å². The number of nitrogens with zero attached hydrogens (tertiary/aromatic N) is 1. The number of rotatable bonds is 5. The van der Waals surface area contributed by atoms with Crippen molar-refractivity contribution in [3.05, 3.63) is 34.9 Å². The number of fused-ring (bicyclic) bond motifs is 1. The van der Waals surface area contributed by atoms with Crippen LogP contribution in [-0.2, 0) is 28.0 Å². The molecule has 0 radical (unpaired) electrons. The Morgan fingerprint density at radius 1 is 1.22 bits per heavy atom. The summed E-state index contributed by atoms with van der Waals surface area (Å²) in [5, 5.41) is 7.31. The van der Waals surface area contributed by atoms with Gasteiger partial charge in [0, 0.05) is 6.54 Å². The van der Waals surface area contributed by atoms with E-state index in [4.69, 9.17) is 0 Å². The Balaban J connectivity index is 1.71. The zero-order valence-electron chi connectivity index (χ0n) is 15.6. The number of amides is 6. The minimum atomic E-state index is -1.22. The van der Waals surface area contributed by atoms with Crippen LogP contribution in [0.25, 0.3) is 0 Å². The number of imide groups is 2. The molecule has 0 spiro atoms. The largest absolute Gasteiger partial charge is 0.338 e. The molecule has 1 aromatic rings. The Morgan fingerprint density at radius 3 is 2.70 bits per heavy atom. The molecule has 8 nitrogen and oxygen atoms in total. The third kappa shape index (κ3) is 3.65. The third-order valence-corrected chi connectivity index (χ3v) is 5.04. The molecule has 144 valence electrons. The average Bonchev–Trinajstić information content (AvgIpc) is 3.18. The molecule has 1 aliphatic heterocycles. The number of urea groups is 2. The highest BCUT2D eigenvalue weighted by Crippen LogP contribution is 2.32. The fraction of sp³-hybridized carbons (Fsp3) is 0.474. The SMILES string of the molecule is CCCNC(=O)NC(=O)CN1C(=O)N[C@@](C)(c2ccc3c(c2)CCC3)C1=O. The third-order valence-electron chi connectivity index (χ3n) is 5.04. The fourth-order valence-corrected chi connectivity index (χ4v) is 3.51. The molecule has 0 aromatic heterocycles. The zero-order chi connectivity index (χ0) is 19.6. The molecule has 0 bridgehead atoms. The average molecular weight is 372 g/mol. The molecule has 2 aliphatic rings. The second kappa shape index (κ2) is 7.38. The molecule has 6 amide bonds. The van der Waals surface area contributed by atoms with Crippen LogP contribution in [0.1, 0.15) is 43.4 Å². The highest BCUT2D eigenvalue weighted by Gasteiger charge is 2.49. The van der Waals surface area contributed by atoms with Gasteiger partial charge in [0.1, 0.15) is 12.1 Å². The van der Waals surface area contributed by atoms with Crippen molar-refractivity contribution in [2.45, 2.75) is 45.1 Å². The van der Waals surface area contributed by atoms with E-state index in [1.54, 1.807) is 6.92 Å². The summed E-state index contributed by atoms with van der Waals surface area (Å²) in [6, 6.07) is 4.52. The fourth-order valence-electron chi connectivity index (χ4n) is 3.51. The van der Waals surface area contributed by atoms with Gasteiger partial charge in [0.05, 0.1) is 0 Å². The number of carbonyl (C=O) groups is 4. The van der Waals surface area contributed by atoms with Gasteiger partial charge in [0.15, 0.2) is 0 Å². The van der Waals surface area contributed by atoms with E-state index in [9.17, 15) is 19.2 Å². The molecule has 0 saturated carbocycles. The summed E-state index contributed by atoms with van der Waals surface area (Å²) in [6.07, 6.45) is 3.80. The molecule has 1 aromatic carbocycles. The number of aryl methyl sites for hydroxylation is 2. The predicted octanol–water partition coefficient (Wildman–Crippen LogP) is 1.18. The first-order chi connectivity index (χ1) is 12.8. The minimum absolute atomic E-state index is 0.429. The first-order valence-corrected chi connectivity index (χ1v) is 9.19. The quantitative estimate of drug-likeness (QED) is 0.675. The van der Waals surface area contributed by atoms with E-state index in [0.717, 1.165) is 30.6 Å². The van der Waals surface area contributed by atoms with Crippen molar-refractivity contribution in [2.75, 3.05) is 13.1 Å². The Kier molecular flexibility index (Phi) is 5.16. The maximum atomic E-state index is 12.9. The lowest BCUT2D eigenvalue weighted by Gasteiger charge is -2.23. The van der Waals surface area contributed by atoms with Crippen molar-refractivity contribution < 1.29 is 19.2 Å². The van der Waals surface area contributed by atoms with Gasteiger partial charge in [0.25, 0.3) is 5.91 Å². The van der Waals surface area contributed by atoms with Crippen molar-refractivity contribution in [3.63, 3.8) is 0 Å². The number of hydrogen-bond acceptors (Lipinski definition) is 4. The van der Waals surface area contributed by atoms with Gasteiger partial charge in [-0.1, -0.05) is 25.1 Å². The summed E-state index contributed by atoms with van der Waals surface area (Å²) in [5.41, 5.74) is 1.94. The molecule has 3 N–H and O–H groups in total. The molecule has 0 unspecified atom stereocenters. The summed E-state index contributed by atoms with van der Waals surface area (Å²) in [5.74, 6) is -1.22. The van der Waals surface area contributed by atoms with Gasteiger partial charge < -0.3 is 10.6 Å². The Morgan fingerprint density at radius 2 is 1.96 bits per heavy atom. The van der Waals surface area contributed by atoms with Crippen molar-refractivity contribution >= 4 is 23.9 Å². The highest BCUT2D eigenvalue weighted by molar-refractivity contribution is 6.10. The van der Waals surface area contributed by atoms with Gasteiger partial charge >= 0.3 is 12.1 Å². The molecule has 1 atom stereocenters. The lowest BCUT2D eigenvalue weighted by molar-refractivity contribution is -0.134. The van der Waals surface area contributed by atoms with Crippen molar-refractivity contribution in [2.24, 2.45) is 0 Å². The van der Waals surface area contributed by atoms with E-state index in [1.807, 2.05) is 25.1 Å². The second-order valence-electron chi connectivity index (χ2n) is 7.09. The number of nitrogens with one attached hydrogen (secondary N) is 3. The van der Waals surface area contributed by atoms with Crippen LogP contribution in [0.5, 0.6) is 0 Å². The first-order valence-electron chi connectivity index (χ1n) is 9.19. The van der Waals surface area contributed by atoms with Crippen LogP contribution in [0.4, 0.5) is 9.59 Å². The van der Waals surface area contributed by atoms with Gasteiger partial charge in [-0.05, 0) is 49.3 Å². The van der Waals surface area contributed by atoms with Crippen molar-refractivity contribution in [3.8, 4) is 0 Å². The van der Waals surface area contributed by atoms with Crippen LogP contribution in [0, 0.1) is 0 Å². The zero-order valence-corrected chi connectivity index (χ0v) is 15.6. The first kappa shape index (κ1) is 18.9. The van der Waals surface area contributed by atoms with Crippen LogP contribution in [0.3, 0.4) is 0 Å². The molecule has 1 saturated heterocycles. The van der Waals surface area contributed by atoms with E-state index in [2.05, 4.69) is 16.0 Å². The summed E-state index contributed by atoms with van der Waals surface area (Å²) in [7, 11) is 0. The maximum absolute atomic E-state index is 12.9. The van der Waals surface area contributed by atoms with Crippen molar-refractivity contribution in [1.29, 1.82) is 0 Å². The summed E-state index contributed by atoms with van der Waals surface area (Å²) >= 11 is 0. The molecule has 1 aliphatic carbocycles. The number of benzene rings is 1. The maximum Gasteiger partial charge on any atom is 0.325 e. The van der Waals surface area contributed by atoms with Gasteiger partial charge in [-0.2, -0.15) is 0 Å². The molecular weight excluding hydrogens is 348 g/mol. The van der Waals surface area contributed by atoms with Gasteiger partial charge in [-0.25, -0.2) is 9.59 Å². The van der Waals surface area contributed by atoms with Crippen molar-refractivity contribution in [1.82, 2.24) is 20.9 Å². The molecule has 1 fully saturated rings. The smallest absolute Gasteiger partial charge is 0.325 e. The van der Waals surface area contributed by atoms with Gasteiger partial charge in [-0.3, -0.25) is 19.8 Å². The lowest BCUT2D eigenvalue weighted by Crippen LogP contribution is -2.47. The molecule has 27 heavy (non-hydrogen) atoms. The second-order valence-corrected chi connectivity index (χ2v) is 7.09. The topological polar surface area (TPSA) is 108 Å². The molecule has 1 heterocycles. The van der Waals surface area contributed by atoms with Gasteiger partial charge in [0.2, 0.25) is 5.91 Å². The predicted molar refractivity (Wildman–Crippen MR) is 97.9 cm³/mol. The van der Waals surface area contributed by atoms with Crippen LogP contribution >= 0.6 is 0 Å². The highest BCUT2D eigenvalue weighted by atomic mass is 16.2. The molecule has 8 heteroatoms. The Hall–Kier alpha value is -2.90. The Labute approximate surface area is 157 Å². The normalized spacial score (nSPS) is 21.0. The monoisotopic (exact) mass is 372 g/mol. The molecule has 3 rings (SSSR count). The van der Waals surface area contributed by atoms with E-state index < -0.39 is 36.0 Å². The van der Waals surface area contributed by atoms with E-state index in [0.29, 0.717) is 12.1 Å². The number of hydrogen-bond donors (Lipinski definition) is 3. The summed E-state index contributed by atoms with van der Waals surface area (Å²) < 4.78 is 0. The van der Waals surface area contributed by atoms with Crippen LogP contribution in [0.15, 0.2) is 18.2 Å². The van der Waals surface area contributed by atoms with E-state index >= 15 is 0 Å². The van der Waals surface area contributed by atoms with E-state index in [1.165, 1.54) is 11.1 Å². The van der Waals surface area contributed by atoms with Crippen LogP contribution < -0.4 is 16.0 Å². The lowest BCUT2D eigenvalue weighted by atomic mass is 9.89. The Bertz CT molecular complexity index is 807. The number of carbonyl (C=O) groups excluding carboxylic acids is 4. The summed E-state index contributed by atoms with van der Waals surface area (Å²) in [4.78, 5) is 49.6. The van der Waals surface area contributed by atoms with Gasteiger partial charge in [-0.15, -0.1) is 0 Å². The molecular formula is C19H24N4O4. The summed E-state index contributed by atoms with van der Waals surface area (Å²) in [6.45, 7) is 3.44. The van der Waals surface area contributed by atoms with Crippen LogP contribution in [-0.4, -0.2) is 41.9 Å². The minimum Gasteiger partial charge on any atom is -0.338 e. The standard InChI is InChI=1S/C19H24N4O4/c1-3-9-20-17(26)21-15(24)11-23-16(25)19(2,22-18(23)27)14-8-7-12-5-4-6-13(12)10-14/h7-8,10H,3-6,9,11H2,1-2H3,(H,22,27)(H2,20,21,24,26)/t19-/m0/s1. The van der Waals surface area contributed by atoms with Crippen LogP contribution in [0.2, 0.25) is 0 Å².